The highest BCUT2D eigenvalue weighted by atomic mass is 16.5. The zero-order valence-electron chi connectivity index (χ0n) is 16.0. The second kappa shape index (κ2) is 8.94. The Bertz CT molecular complexity index is 772. The number of nitrogens with two attached hydrogens (primary N) is 1. The highest BCUT2D eigenvalue weighted by Gasteiger charge is 2.15. The molecular weight excluding hydrogens is 324 g/mol. The summed E-state index contributed by atoms with van der Waals surface area (Å²) in [7, 11) is 4.15. The first-order chi connectivity index (χ1) is 12.5. The first-order valence-corrected chi connectivity index (χ1v) is 8.74. The fourth-order valence-electron chi connectivity index (χ4n) is 2.56. The molecule has 0 aliphatic carbocycles. The molecule has 1 heterocycles. The van der Waals surface area contributed by atoms with Crippen LogP contribution in [0.25, 0.3) is 6.08 Å². The van der Waals surface area contributed by atoms with E-state index in [4.69, 9.17) is 10.5 Å². The van der Waals surface area contributed by atoms with Crippen molar-refractivity contribution >= 4 is 17.6 Å². The molecule has 5 heteroatoms. The summed E-state index contributed by atoms with van der Waals surface area (Å²) in [5.74, 6) is 1.60. The van der Waals surface area contributed by atoms with Crippen LogP contribution < -0.4 is 15.4 Å². The van der Waals surface area contributed by atoms with Crippen LogP contribution in [0.5, 0.6) is 11.6 Å². The smallest absolute Gasteiger partial charge is 0.221 e. The number of anilines is 2. The molecule has 0 amide bonds. The van der Waals surface area contributed by atoms with Crippen LogP contribution in [0.4, 0.5) is 11.5 Å². The molecule has 2 aromatic rings. The summed E-state index contributed by atoms with van der Waals surface area (Å²) in [6.07, 6.45) is 7.30. The number of hydrogen-bond donors (Lipinski definition) is 1. The Labute approximate surface area is 156 Å². The van der Waals surface area contributed by atoms with Crippen molar-refractivity contribution < 1.29 is 4.74 Å². The molecule has 138 valence electrons. The molecular formula is C21H28N4O. The lowest BCUT2D eigenvalue weighted by atomic mass is 10.1. The molecule has 1 unspecified atom stereocenters. The van der Waals surface area contributed by atoms with E-state index in [0.29, 0.717) is 17.4 Å². The minimum absolute atomic E-state index is 0.193. The van der Waals surface area contributed by atoms with Crippen LogP contribution in [0.3, 0.4) is 0 Å². The summed E-state index contributed by atoms with van der Waals surface area (Å²) >= 11 is 0. The van der Waals surface area contributed by atoms with Gasteiger partial charge in [-0.3, -0.25) is 0 Å². The number of pyridine rings is 1. The largest absolute Gasteiger partial charge is 0.439 e. The Balaban J connectivity index is 2.22. The minimum Gasteiger partial charge on any atom is -0.439 e. The zero-order valence-corrected chi connectivity index (χ0v) is 16.0. The van der Waals surface area contributed by atoms with Gasteiger partial charge in [0.25, 0.3) is 0 Å². The number of hydrogen-bond acceptors (Lipinski definition) is 5. The van der Waals surface area contributed by atoms with Crippen LogP contribution in [-0.2, 0) is 0 Å². The van der Waals surface area contributed by atoms with Gasteiger partial charge >= 0.3 is 0 Å². The third-order valence-electron chi connectivity index (χ3n) is 4.29. The van der Waals surface area contributed by atoms with Gasteiger partial charge in [-0.15, -0.1) is 0 Å². The number of benzene rings is 1. The van der Waals surface area contributed by atoms with E-state index in [0.717, 1.165) is 17.7 Å². The molecule has 0 bridgehead atoms. The SMILES string of the molecule is C=Cc1cc(Oc2cccc(N)n2)ccc1N(C)C(C)N(C)/C=C\CC. The van der Waals surface area contributed by atoms with Crippen LogP contribution in [0.15, 0.2) is 55.3 Å². The monoisotopic (exact) mass is 352 g/mol. The van der Waals surface area contributed by atoms with Crippen LogP contribution >= 0.6 is 0 Å². The van der Waals surface area contributed by atoms with Crippen LogP contribution in [0, 0.1) is 0 Å². The number of nitrogen functional groups attached to an aromatic ring is 1. The van der Waals surface area contributed by atoms with E-state index in [2.05, 4.69) is 61.6 Å². The standard InChI is InChI=1S/C21H28N4O/c1-6-8-14-24(4)16(3)25(5)19-13-12-18(15-17(19)7-2)26-21-11-9-10-20(22)23-21/h7-16H,2,6H2,1,3-5H3,(H2,22,23)/b14-8-. The van der Waals surface area contributed by atoms with Gasteiger partial charge in [-0.1, -0.05) is 31.7 Å². The second-order valence-corrected chi connectivity index (χ2v) is 6.13. The summed E-state index contributed by atoms with van der Waals surface area (Å²) in [5, 5.41) is 0. The summed E-state index contributed by atoms with van der Waals surface area (Å²) in [6, 6.07) is 11.2. The molecule has 0 radical (unpaired) electrons. The van der Waals surface area contributed by atoms with Gasteiger partial charge in [0.05, 0.1) is 6.17 Å². The number of ether oxygens (including phenoxy) is 1. The average Bonchev–Trinajstić information content (AvgIpc) is 2.64. The van der Waals surface area contributed by atoms with Gasteiger partial charge in [-0.05, 0) is 43.8 Å². The van der Waals surface area contributed by atoms with Crippen molar-refractivity contribution in [2.75, 3.05) is 24.7 Å². The summed E-state index contributed by atoms with van der Waals surface area (Å²) < 4.78 is 5.82. The lowest BCUT2D eigenvalue weighted by molar-refractivity contribution is 0.347. The Morgan fingerprint density at radius 1 is 1.27 bits per heavy atom. The van der Waals surface area contributed by atoms with E-state index in [9.17, 15) is 0 Å². The lowest BCUT2D eigenvalue weighted by Gasteiger charge is -2.34. The molecule has 26 heavy (non-hydrogen) atoms. The third-order valence-corrected chi connectivity index (χ3v) is 4.29. The average molecular weight is 352 g/mol. The predicted octanol–water partition coefficient (Wildman–Crippen LogP) is 4.74. The van der Waals surface area contributed by atoms with E-state index in [-0.39, 0.29) is 6.17 Å². The maximum Gasteiger partial charge on any atom is 0.221 e. The van der Waals surface area contributed by atoms with Crippen LogP contribution in [-0.4, -0.2) is 30.1 Å². The highest BCUT2D eigenvalue weighted by molar-refractivity contribution is 5.68. The van der Waals surface area contributed by atoms with Crippen molar-refractivity contribution in [2.24, 2.45) is 0 Å². The molecule has 1 aromatic carbocycles. The lowest BCUT2D eigenvalue weighted by Crippen LogP contribution is -2.40. The van der Waals surface area contributed by atoms with E-state index in [1.54, 1.807) is 12.1 Å². The third kappa shape index (κ3) is 4.79. The molecule has 5 nitrogen and oxygen atoms in total. The molecule has 0 aliphatic heterocycles. The van der Waals surface area contributed by atoms with Gasteiger partial charge in [0, 0.05) is 31.4 Å². The quantitative estimate of drug-likeness (QED) is 0.696. The topological polar surface area (TPSA) is 54.6 Å². The van der Waals surface area contributed by atoms with Crippen molar-refractivity contribution in [1.29, 1.82) is 0 Å². The van der Waals surface area contributed by atoms with Crippen molar-refractivity contribution in [3.05, 3.63) is 60.8 Å². The van der Waals surface area contributed by atoms with E-state index < -0.39 is 0 Å². The van der Waals surface area contributed by atoms with Crippen molar-refractivity contribution in [2.45, 2.75) is 26.4 Å². The molecule has 0 saturated carbocycles. The zero-order chi connectivity index (χ0) is 19.1. The molecule has 1 atom stereocenters. The number of aromatic nitrogens is 1. The number of rotatable bonds is 8. The molecule has 0 spiro atoms. The summed E-state index contributed by atoms with van der Waals surface area (Å²) in [4.78, 5) is 8.55. The van der Waals surface area contributed by atoms with Crippen LogP contribution in [0.2, 0.25) is 0 Å². The molecule has 0 fully saturated rings. The van der Waals surface area contributed by atoms with E-state index in [1.807, 2.05) is 30.3 Å². The van der Waals surface area contributed by atoms with Gasteiger partial charge in [0.15, 0.2) is 0 Å². The fourth-order valence-corrected chi connectivity index (χ4v) is 2.56. The normalized spacial score (nSPS) is 12.0. The molecule has 0 aliphatic rings. The summed E-state index contributed by atoms with van der Waals surface area (Å²) in [6.45, 7) is 8.23. The maximum atomic E-state index is 5.82. The Morgan fingerprint density at radius 3 is 2.69 bits per heavy atom. The number of nitrogens with zero attached hydrogens (tertiary/aromatic N) is 3. The molecule has 2 N–H and O–H groups in total. The highest BCUT2D eigenvalue weighted by Crippen LogP contribution is 2.29. The minimum atomic E-state index is 0.193. The molecule has 1 aromatic heterocycles. The van der Waals surface area contributed by atoms with Gasteiger partial charge in [-0.2, -0.15) is 4.98 Å². The maximum absolute atomic E-state index is 5.82. The second-order valence-electron chi connectivity index (χ2n) is 6.13. The first-order valence-electron chi connectivity index (χ1n) is 8.74. The Kier molecular flexibility index (Phi) is 6.67. The van der Waals surface area contributed by atoms with Crippen molar-refractivity contribution in [3.63, 3.8) is 0 Å². The van der Waals surface area contributed by atoms with Gasteiger partial charge in [0.1, 0.15) is 11.6 Å². The fraction of sp³-hybridized carbons (Fsp3) is 0.286. The van der Waals surface area contributed by atoms with Gasteiger partial charge in [-0.25, -0.2) is 0 Å². The molecule has 2 rings (SSSR count). The van der Waals surface area contributed by atoms with Gasteiger partial charge < -0.3 is 20.3 Å². The van der Waals surface area contributed by atoms with Gasteiger partial charge in [0.2, 0.25) is 5.88 Å². The predicted molar refractivity (Wildman–Crippen MR) is 110 cm³/mol. The van der Waals surface area contributed by atoms with Crippen LogP contribution in [0.1, 0.15) is 25.8 Å². The molecule has 0 saturated heterocycles. The Hall–Kier alpha value is -2.95. The Morgan fingerprint density at radius 2 is 2.04 bits per heavy atom. The number of allylic oxidation sites excluding steroid dienone is 1. The van der Waals surface area contributed by atoms with E-state index >= 15 is 0 Å². The first kappa shape index (κ1) is 19.4. The van der Waals surface area contributed by atoms with Crippen molar-refractivity contribution in [3.8, 4) is 11.6 Å². The summed E-state index contributed by atoms with van der Waals surface area (Å²) in [5.41, 5.74) is 7.78. The van der Waals surface area contributed by atoms with Crippen molar-refractivity contribution in [1.82, 2.24) is 9.88 Å². The van der Waals surface area contributed by atoms with E-state index in [1.165, 1.54) is 0 Å².